The van der Waals surface area contributed by atoms with Crippen molar-refractivity contribution in [3.05, 3.63) is 0 Å². The highest BCUT2D eigenvalue weighted by atomic mass is 16.5. The van der Waals surface area contributed by atoms with E-state index in [1.165, 1.54) is 0 Å². The third kappa shape index (κ3) is 1.22. The Bertz CT molecular complexity index is 190. The van der Waals surface area contributed by atoms with Crippen molar-refractivity contribution in [3.63, 3.8) is 0 Å². The zero-order valence-electron chi connectivity index (χ0n) is 7.29. The molecule has 2 bridgehead atoms. The van der Waals surface area contributed by atoms with Crippen molar-refractivity contribution < 1.29 is 14.3 Å². The second-order valence-electron chi connectivity index (χ2n) is 3.47. The number of carbonyl (C=O) groups excluding carboxylic acids is 1. The molecule has 2 aliphatic rings. The molecule has 0 spiro atoms. The highest BCUT2D eigenvalue weighted by molar-refractivity contribution is 5.73. The Morgan fingerprint density at radius 2 is 2.42 bits per heavy atom. The first-order valence-corrected chi connectivity index (χ1v) is 4.63. The summed E-state index contributed by atoms with van der Waals surface area (Å²) < 4.78 is 10.5. The third-order valence-corrected chi connectivity index (χ3v) is 2.70. The van der Waals surface area contributed by atoms with Gasteiger partial charge in [0, 0.05) is 0 Å². The lowest BCUT2D eigenvalue weighted by atomic mass is 9.89. The van der Waals surface area contributed by atoms with E-state index in [-0.39, 0.29) is 18.0 Å². The first-order chi connectivity index (χ1) is 5.81. The monoisotopic (exact) mass is 170 g/mol. The van der Waals surface area contributed by atoms with Crippen LogP contribution in [0.25, 0.3) is 0 Å². The van der Waals surface area contributed by atoms with E-state index in [1.54, 1.807) is 0 Å². The van der Waals surface area contributed by atoms with E-state index in [4.69, 9.17) is 9.47 Å². The average molecular weight is 170 g/mol. The van der Waals surface area contributed by atoms with Gasteiger partial charge in [-0.1, -0.05) is 0 Å². The number of esters is 1. The van der Waals surface area contributed by atoms with Crippen molar-refractivity contribution in [3.8, 4) is 0 Å². The van der Waals surface area contributed by atoms with Gasteiger partial charge in [0.25, 0.3) is 0 Å². The van der Waals surface area contributed by atoms with E-state index < -0.39 is 0 Å². The maximum absolute atomic E-state index is 11.3. The van der Waals surface area contributed by atoms with Crippen LogP contribution in [0.1, 0.15) is 26.2 Å². The molecule has 2 unspecified atom stereocenters. The lowest BCUT2D eigenvalue weighted by Gasteiger charge is -2.16. The minimum absolute atomic E-state index is 0.0312. The maximum atomic E-state index is 11.3. The summed E-state index contributed by atoms with van der Waals surface area (Å²) in [5.41, 5.74) is 0. The number of carbonyl (C=O) groups is 1. The Kier molecular flexibility index (Phi) is 2.05. The summed E-state index contributed by atoms with van der Waals surface area (Å²) in [6.45, 7) is 2.32. The molecule has 0 saturated carbocycles. The number of rotatable bonds is 2. The Morgan fingerprint density at radius 3 is 2.92 bits per heavy atom. The van der Waals surface area contributed by atoms with Crippen LogP contribution in [0.5, 0.6) is 0 Å². The molecule has 0 radical (unpaired) electrons. The molecule has 3 atom stereocenters. The molecule has 0 amide bonds. The smallest absolute Gasteiger partial charge is 0.311 e. The average Bonchev–Trinajstić information content (AvgIpc) is 2.64. The summed E-state index contributed by atoms with van der Waals surface area (Å²) in [4.78, 5) is 11.3. The molecular weight excluding hydrogens is 156 g/mol. The van der Waals surface area contributed by atoms with E-state index in [9.17, 15) is 4.79 Å². The number of ether oxygens (including phenoxy) is 2. The summed E-state index contributed by atoms with van der Waals surface area (Å²) in [6, 6.07) is 0. The van der Waals surface area contributed by atoms with Gasteiger partial charge in [-0.25, -0.2) is 0 Å². The van der Waals surface area contributed by atoms with Crippen molar-refractivity contribution in [2.45, 2.75) is 38.4 Å². The molecule has 2 saturated heterocycles. The van der Waals surface area contributed by atoms with Crippen LogP contribution in [0.4, 0.5) is 0 Å². The third-order valence-electron chi connectivity index (χ3n) is 2.70. The van der Waals surface area contributed by atoms with Gasteiger partial charge in [0.1, 0.15) is 0 Å². The molecule has 2 fully saturated rings. The fourth-order valence-corrected chi connectivity index (χ4v) is 2.14. The Morgan fingerprint density at radius 1 is 1.58 bits per heavy atom. The predicted octanol–water partition coefficient (Wildman–Crippen LogP) is 1.12. The van der Waals surface area contributed by atoms with Crippen molar-refractivity contribution in [2.75, 3.05) is 6.61 Å². The van der Waals surface area contributed by atoms with E-state index in [2.05, 4.69) is 0 Å². The molecule has 2 heterocycles. The molecule has 0 N–H and O–H groups in total. The topological polar surface area (TPSA) is 35.5 Å². The fraction of sp³-hybridized carbons (Fsp3) is 0.889. The molecule has 0 aromatic heterocycles. The second kappa shape index (κ2) is 3.05. The van der Waals surface area contributed by atoms with Gasteiger partial charge < -0.3 is 9.47 Å². The van der Waals surface area contributed by atoms with Gasteiger partial charge in [0.05, 0.1) is 24.7 Å². The summed E-state index contributed by atoms with van der Waals surface area (Å²) in [7, 11) is 0. The molecule has 12 heavy (non-hydrogen) atoms. The van der Waals surface area contributed by atoms with Gasteiger partial charge >= 0.3 is 5.97 Å². The van der Waals surface area contributed by atoms with Crippen LogP contribution in [-0.4, -0.2) is 24.8 Å². The first-order valence-electron chi connectivity index (χ1n) is 4.63. The molecule has 3 nitrogen and oxygen atoms in total. The maximum Gasteiger partial charge on any atom is 0.311 e. The summed E-state index contributed by atoms with van der Waals surface area (Å²) >= 11 is 0. The van der Waals surface area contributed by atoms with Gasteiger partial charge in [-0.05, 0) is 26.2 Å². The van der Waals surface area contributed by atoms with Crippen molar-refractivity contribution >= 4 is 5.97 Å². The number of fused-ring (bicyclic) bond motifs is 2. The van der Waals surface area contributed by atoms with Crippen LogP contribution in [-0.2, 0) is 14.3 Å². The van der Waals surface area contributed by atoms with Crippen LogP contribution in [0.2, 0.25) is 0 Å². The predicted molar refractivity (Wildman–Crippen MR) is 42.6 cm³/mol. The van der Waals surface area contributed by atoms with Gasteiger partial charge in [0.2, 0.25) is 0 Å². The van der Waals surface area contributed by atoms with Crippen LogP contribution >= 0.6 is 0 Å². The molecule has 2 rings (SSSR count). The highest BCUT2D eigenvalue weighted by Crippen LogP contribution is 2.39. The lowest BCUT2D eigenvalue weighted by molar-refractivity contribution is -0.149. The van der Waals surface area contributed by atoms with E-state index >= 15 is 0 Å². The largest absolute Gasteiger partial charge is 0.466 e. The Balaban J connectivity index is 1.93. The van der Waals surface area contributed by atoms with Crippen molar-refractivity contribution in [1.82, 2.24) is 0 Å². The van der Waals surface area contributed by atoms with Crippen molar-refractivity contribution in [1.29, 1.82) is 0 Å². The zero-order chi connectivity index (χ0) is 8.55. The normalized spacial score (nSPS) is 38.6. The molecule has 0 aliphatic carbocycles. The minimum atomic E-state index is -0.0651. The lowest BCUT2D eigenvalue weighted by Crippen LogP contribution is -2.27. The molecular formula is C9H14O3. The molecule has 3 heteroatoms. The summed E-state index contributed by atoms with van der Waals surface area (Å²) in [6.07, 6.45) is 3.54. The first kappa shape index (κ1) is 8.05. The van der Waals surface area contributed by atoms with Crippen molar-refractivity contribution in [2.24, 2.45) is 5.92 Å². The second-order valence-corrected chi connectivity index (χ2v) is 3.47. The highest BCUT2D eigenvalue weighted by Gasteiger charge is 2.45. The number of hydrogen-bond acceptors (Lipinski definition) is 3. The van der Waals surface area contributed by atoms with Gasteiger partial charge in [0.15, 0.2) is 0 Å². The van der Waals surface area contributed by atoms with Gasteiger partial charge in [-0.3, -0.25) is 4.79 Å². The fourth-order valence-electron chi connectivity index (χ4n) is 2.14. The summed E-state index contributed by atoms with van der Waals surface area (Å²) in [5.74, 6) is -0.0339. The van der Waals surface area contributed by atoms with E-state index in [0.29, 0.717) is 12.7 Å². The number of hydrogen-bond donors (Lipinski definition) is 0. The summed E-state index contributed by atoms with van der Waals surface area (Å²) in [5, 5.41) is 0. The van der Waals surface area contributed by atoms with E-state index in [0.717, 1.165) is 19.3 Å². The minimum Gasteiger partial charge on any atom is -0.466 e. The Hall–Kier alpha value is -0.570. The van der Waals surface area contributed by atoms with Gasteiger partial charge in [-0.2, -0.15) is 0 Å². The Labute approximate surface area is 72.0 Å². The van der Waals surface area contributed by atoms with Crippen LogP contribution < -0.4 is 0 Å². The van der Waals surface area contributed by atoms with Crippen LogP contribution in [0.15, 0.2) is 0 Å². The van der Waals surface area contributed by atoms with Crippen LogP contribution in [0.3, 0.4) is 0 Å². The molecule has 0 aromatic carbocycles. The molecule has 68 valence electrons. The molecule has 0 aromatic rings. The SMILES string of the molecule is CCOC(=O)C1CC2CC[C@@H]1O2. The quantitative estimate of drug-likeness (QED) is 0.582. The zero-order valence-corrected chi connectivity index (χ0v) is 7.29. The van der Waals surface area contributed by atoms with Crippen LogP contribution in [0, 0.1) is 5.92 Å². The standard InChI is InChI=1S/C9H14O3/c1-2-11-9(10)7-5-6-3-4-8(7)12-6/h6-8H,2-5H2,1H3/t6?,7?,8-/m0/s1. The van der Waals surface area contributed by atoms with Gasteiger partial charge in [-0.15, -0.1) is 0 Å². The molecule has 2 aliphatic heterocycles. The van der Waals surface area contributed by atoms with E-state index in [1.807, 2.05) is 6.92 Å².